The lowest BCUT2D eigenvalue weighted by molar-refractivity contribution is -0.126. The Morgan fingerprint density at radius 1 is 1.28 bits per heavy atom. The first kappa shape index (κ1) is 21.9. The molecule has 2 aliphatic heterocycles. The lowest BCUT2D eigenvalue weighted by Crippen LogP contribution is -2.51. The van der Waals surface area contributed by atoms with E-state index in [2.05, 4.69) is 27.7 Å². The first-order chi connectivity index (χ1) is 11.3. The highest BCUT2D eigenvalue weighted by molar-refractivity contribution is 5.85. The molecule has 1 aromatic carbocycles. The van der Waals surface area contributed by atoms with Gasteiger partial charge in [-0.3, -0.25) is 4.79 Å². The van der Waals surface area contributed by atoms with E-state index in [1.807, 2.05) is 12.1 Å². The highest BCUT2D eigenvalue weighted by Gasteiger charge is 2.26. The first-order valence-electron chi connectivity index (χ1n) is 8.66. The summed E-state index contributed by atoms with van der Waals surface area (Å²) in [5.74, 6) is 1.23. The number of amides is 1. The second kappa shape index (κ2) is 10.7. The maximum absolute atomic E-state index is 12.4. The summed E-state index contributed by atoms with van der Waals surface area (Å²) in [5, 5.41) is 6.58. The number of carbonyl (C=O) groups excluding carboxylic acids is 1. The monoisotopic (exact) mass is 389 g/mol. The van der Waals surface area contributed by atoms with Gasteiger partial charge in [0.1, 0.15) is 5.75 Å². The minimum absolute atomic E-state index is 0. The van der Waals surface area contributed by atoms with Crippen LogP contribution in [0.3, 0.4) is 0 Å². The molecule has 0 radical (unpaired) electrons. The summed E-state index contributed by atoms with van der Waals surface area (Å²) >= 11 is 0. The van der Waals surface area contributed by atoms with Crippen molar-refractivity contribution in [3.63, 3.8) is 0 Å². The molecule has 7 heteroatoms. The topological polar surface area (TPSA) is 53.6 Å². The number of ether oxygens (including phenoxy) is 1. The van der Waals surface area contributed by atoms with Crippen molar-refractivity contribution in [2.45, 2.75) is 31.7 Å². The molecule has 2 aliphatic rings. The highest BCUT2D eigenvalue weighted by atomic mass is 35.5. The Balaban J connectivity index is 0.00000156. The van der Waals surface area contributed by atoms with E-state index in [0.29, 0.717) is 0 Å². The molecule has 2 heterocycles. The molecule has 0 bridgehead atoms. The van der Waals surface area contributed by atoms with Gasteiger partial charge in [0.05, 0.1) is 13.0 Å². The fraction of sp³-hybridized carbons (Fsp3) is 0.611. The molecule has 0 saturated carbocycles. The summed E-state index contributed by atoms with van der Waals surface area (Å²) in [6, 6.07) is 8.39. The normalized spacial score (nSPS) is 23.0. The van der Waals surface area contributed by atoms with Crippen LogP contribution in [0.1, 0.15) is 25.7 Å². The van der Waals surface area contributed by atoms with Crippen LogP contribution in [0.4, 0.5) is 5.69 Å². The van der Waals surface area contributed by atoms with Crippen molar-refractivity contribution in [2.75, 3.05) is 38.2 Å². The number of carbonyl (C=O) groups is 1. The zero-order chi connectivity index (χ0) is 16.1. The minimum Gasteiger partial charge on any atom is -0.497 e. The Morgan fingerprint density at radius 3 is 2.84 bits per heavy atom. The van der Waals surface area contributed by atoms with Crippen molar-refractivity contribution in [3.8, 4) is 5.75 Å². The van der Waals surface area contributed by atoms with Crippen LogP contribution in [0.25, 0.3) is 0 Å². The lowest BCUT2D eigenvalue weighted by Gasteiger charge is -2.35. The quantitative estimate of drug-likeness (QED) is 0.830. The molecule has 0 spiro atoms. The van der Waals surface area contributed by atoms with Crippen LogP contribution in [-0.4, -0.2) is 45.2 Å². The van der Waals surface area contributed by atoms with Crippen LogP contribution in [0.5, 0.6) is 5.75 Å². The van der Waals surface area contributed by atoms with Gasteiger partial charge in [0.25, 0.3) is 0 Å². The van der Waals surface area contributed by atoms with Crippen molar-refractivity contribution >= 4 is 36.4 Å². The number of nitrogens with zero attached hydrogens (tertiary/aromatic N) is 1. The third kappa shape index (κ3) is 5.94. The van der Waals surface area contributed by atoms with E-state index in [1.54, 1.807) is 7.11 Å². The van der Waals surface area contributed by atoms with Crippen molar-refractivity contribution in [1.82, 2.24) is 10.6 Å². The van der Waals surface area contributed by atoms with Gasteiger partial charge in [-0.2, -0.15) is 0 Å². The van der Waals surface area contributed by atoms with E-state index in [4.69, 9.17) is 4.74 Å². The first-order valence-corrected chi connectivity index (χ1v) is 8.66. The molecule has 2 N–H and O–H groups in total. The second-order valence-electron chi connectivity index (χ2n) is 6.54. The van der Waals surface area contributed by atoms with Gasteiger partial charge in [-0.25, -0.2) is 0 Å². The third-order valence-electron chi connectivity index (χ3n) is 4.85. The van der Waals surface area contributed by atoms with Crippen LogP contribution in [-0.2, 0) is 4.79 Å². The van der Waals surface area contributed by atoms with Crippen LogP contribution < -0.4 is 20.3 Å². The lowest BCUT2D eigenvalue weighted by atomic mass is 9.97. The van der Waals surface area contributed by atoms with Gasteiger partial charge in [0.15, 0.2) is 0 Å². The summed E-state index contributed by atoms with van der Waals surface area (Å²) in [7, 11) is 1.69. The van der Waals surface area contributed by atoms with E-state index < -0.39 is 0 Å². The number of nitrogens with one attached hydrogen (secondary N) is 2. The summed E-state index contributed by atoms with van der Waals surface area (Å²) in [4.78, 5) is 14.8. The fourth-order valence-corrected chi connectivity index (χ4v) is 3.53. The van der Waals surface area contributed by atoms with E-state index >= 15 is 0 Å². The van der Waals surface area contributed by atoms with Gasteiger partial charge in [0, 0.05) is 37.4 Å². The average Bonchev–Trinajstić information content (AvgIpc) is 2.63. The van der Waals surface area contributed by atoms with Crippen LogP contribution in [0.15, 0.2) is 24.3 Å². The largest absolute Gasteiger partial charge is 0.497 e. The Bertz CT molecular complexity index is 539. The Kier molecular flexibility index (Phi) is 9.39. The average molecular weight is 390 g/mol. The molecule has 142 valence electrons. The van der Waals surface area contributed by atoms with Crippen molar-refractivity contribution < 1.29 is 9.53 Å². The van der Waals surface area contributed by atoms with E-state index in [-0.39, 0.29) is 42.7 Å². The van der Waals surface area contributed by atoms with Crippen LogP contribution >= 0.6 is 24.8 Å². The molecule has 1 amide bonds. The molecule has 3 rings (SSSR count). The van der Waals surface area contributed by atoms with Gasteiger partial charge in [-0.1, -0.05) is 6.07 Å². The molecule has 2 fully saturated rings. The molecular formula is C18H29Cl2N3O2. The molecule has 2 atom stereocenters. The minimum atomic E-state index is 0. The summed E-state index contributed by atoms with van der Waals surface area (Å²) in [6.07, 6.45) is 4.27. The summed E-state index contributed by atoms with van der Waals surface area (Å²) in [5.41, 5.74) is 1.17. The molecule has 2 unspecified atom stereocenters. The molecule has 1 aromatic rings. The van der Waals surface area contributed by atoms with Gasteiger partial charge >= 0.3 is 0 Å². The predicted octanol–water partition coefficient (Wildman–Crippen LogP) is 2.62. The van der Waals surface area contributed by atoms with Gasteiger partial charge in [-0.05, 0) is 44.4 Å². The van der Waals surface area contributed by atoms with Crippen molar-refractivity contribution in [1.29, 1.82) is 0 Å². The summed E-state index contributed by atoms with van der Waals surface area (Å²) < 4.78 is 5.31. The summed E-state index contributed by atoms with van der Waals surface area (Å²) in [6.45, 7) is 3.76. The Hall–Kier alpha value is -1.17. The highest BCUT2D eigenvalue weighted by Crippen LogP contribution is 2.24. The third-order valence-corrected chi connectivity index (χ3v) is 4.85. The van der Waals surface area contributed by atoms with E-state index in [0.717, 1.165) is 57.6 Å². The maximum atomic E-state index is 12.4. The molecule has 0 aliphatic carbocycles. The Labute approximate surface area is 162 Å². The zero-order valence-corrected chi connectivity index (χ0v) is 16.3. The van der Waals surface area contributed by atoms with E-state index in [9.17, 15) is 4.79 Å². The number of anilines is 1. The standard InChI is InChI=1S/C18H27N3O2.2ClH/c1-23-17-8-2-7-16(11-17)21-10-4-6-15(13-21)20-18(22)14-5-3-9-19-12-14;;/h2,7-8,11,14-15,19H,3-6,9-10,12-13H2,1H3,(H,20,22);2*1H. The number of piperidine rings is 2. The zero-order valence-electron chi connectivity index (χ0n) is 14.7. The number of rotatable bonds is 4. The van der Waals surface area contributed by atoms with Gasteiger partial charge in [0.2, 0.25) is 5.91 Å². The van der Waals surface area contributed by atoms with E-state index in [1.165, 1.54) is 5.69 Å². The molecule has 25 heavy (non-hydrogen) atoms. The van der Waals surface area contributed by atoms with Crippen LogP contribution in [0, 0.1) is 5.92 Å². The number of hydrogen-bond donors (Lipinski definition) is 2. The maximum Gasteiger partial charge on any atom is 0.224 e. The molecule has 2 saturated heterocycles. The van der Waals surface area contributed by atoms with Gasteiger partial charge in [-0.15, -0.1) is 24.8 Å². The molecule has 5 nitrogen and oxygen atoms in total. The number of benzene rings is 1. The SMILES string of the molecule is COc1cccc(N2CCCC(NC(=O)C3CCCNC3)C2)c1.Cl.Cl. The molecule has 0 aromatic heterocycles. The van der Waals surface area contributed by atoms with Crippen molar-refractivity contribution in [2.24, 2.45) is 5.92 Å². The number of hydrogen-bond acceptors (Lipinski definition) is 4. The van der Waals surface area contributed by atoms with Crippen molar-refractivity contribution in [3.05, 3.63) is 24.3 Å². The second-order valence-corrected chi connectivity index (χ2v) is 6.54. The van der Waals surface area contributed by atoms with Gasteiger partial charge < -0.3 is 20.3 Å². The smallest absolute Gasteiger partial charge is 0.224 e. The molecular weight excluding hydrogens is 361 g/mol. The Morgan fingerprint density at radius 2 is 2.12 bits per heavy atom. The predicted molar refractivity (Wildman–Crippen MR) is 106 cm³/mol. The number of halogens is 2. The number of methoxy groups -OCH3 is 1. The fourth-order valence-electron chi connectivity index (χ4n) is 3.53. The van der Waals surface area contributed by atoms with Crippen LogP contribution in [0.2, 0.25) is 0 Å².